The van der Waals surface area contributed by atoms with Gasteiger partial charge in [-0.15, -0.1) is 0 Å². The van der Waals surface area contributed by atoms with E-state index >= 15 is 0 Å². The Morgan fingerprint density at radius 2 is 2.05 bits per heavy atom. The smallest absolute Gasteiger partial charge is 0.337 e. The van der Waals surface area contributed by atoms with Gasteiger partial charge in [0, 0.05) is 36.5 Å². The van der Waals surface area contributed by atoms with Gasteiger partial charge >= 0.3 is 5.97 Å². The normalized spacial score (nSPS) is 13.3. The number of ether oxygens (including phenoxy) is 1. The molecule has 0 atom stereocenters. The highest BCUT2D eigenvalue weighted by molar-refractivity contribution is 6.04. The van der Waals surface area contributed by atoms with E-state index in [2.05, 4.69) is 25.6 Å². The molecule has 2 heterocycles. The van der Waals surface area contributed by atoms with Gasteiger partial charge in [0.25, 0.3) is 5.91 Å². The van der Waals surface area contributed by atoms with Gasteiger partial charge in [-0.25, -0.2) is 4.79 Å². The number of aromatic nitrogens is 2. The first-order valence-electron chi connectivity index (χ1n) is 6.95. The van der Waals surface area contributed by atoms with Crippen LogP contribution in [-0.4, -0.2) is 35.7 Å². The molecule has 2 aromatic rings. The van der Waals surface area contributed by atoms with Crippen molar-refractivity contribution in [2.24, 2.45) is 0 Å². The molecule has 1 amide bonds. The molecule has 0 radical (unpaired) electrons. The molecule has 1 aromatic heterocycles. The fourth-order valence-electron chi connectivity index (χ4n) is 2.41. The molecular formula is C15H16N4O3. The number of rotatable bonds is 3. The number of methoxy groups -OCH3 is 1. The Morgan fingerprint density at radius 3 is 2.77 bits per heavy atom. The summed E-state index contributed by atoms with van der Waals surface area (Å²) in [6, 6.07) is 6.51. The van der Waals surface area contributed by atoms with Gasteiger partial charge in [-0.05, 0) is 24.3 Å². The summed E-state index contributed by atoms with van der Waals surface area (Å²) in [4.78, 5) is 23.7. The predicted molar refractivity (Wildman–Crippen MR) is 79.7 cm³/mol. The van der Waals surface area contributed by atoms with E-state index in [1.807, 2.05) is 0 Å². The molecule has 1 aliphatic heterocycles. The number of nitrogens with one attached hydrogen (secondary N) is 3. The molecule has 3 N–H and O–H groups in total. The zero-order valence-corrected chi connectivity index (χ0v) is 12.1. The largest absolute Gasteiger partial charge is 0.465 e. The van der Waals surface area contributed by atoms with Crippen LogP contribution >= 0.6 is 0 Å². The van der Waals surface area contributed by atoms with Gasteiger partial charge in [-0.1, -0.05) is 0 Å². The van der Waals surface area contributed by atoms with Gasteiger partial charge in [0.1, 0.15) is 0 Å². The number of anilines is 1. The molecule has 114 valence electrons. The van der Waals surface area contributed by atoms with Crippen molar-refractivity contribution in [3.63, 3.8) is 0 Å². The summed E-state index contributed by atoms with van der Waals surface area (Å²) in [5.41, 5.74) is 3.35. The van der Waals surface area contributed by atoms with E-state index in [9.17, 15) is 9.59 Å². The van der Waals surface area contributed by atoms with Gasteiger partial charge in [0.2, 0.25) is 0 Å². The molecule has 1 aliphatic rings. The van der Waals surface area contributed by atoms with Gasteiger partial charge < -0.3 is 15.4 Å². The maximum absolute atomic E-state index is 12.3. The van der Waals surface area contributed by atoms with Crippen molar-refractivity contribution in [3.05, 3.63) is 46.8 Å². The molecule has 7 heteroatoms. The van der Waals surface area contributed by atoms with Crippen LogP contribution in [0.5, 0.6) is 0 Å². The van der Waals surface area contributed by atoms with Gasteiger partial charge in [0.05, 0.1) is 12.7 Å². The number of carbonyl (C=O) groups is 2. The van der Waals surface area contributed by atoms with Crippen LogP contribution in [0.4, 0.5) is 5.69 Å². The van der Waals surface area contributed by atoms with E-state index in [1.54, 1.807) is 24.3 Å². The van der Waals surface area contributed by atoms with E-state index in [0.717, 1.165) is 24.2 Å². The van der Waals surface area contributed by atoms with Gasteiger partial charge in [0.15, 0.2) is 5.69 Å². The first-order chi connectivity index (χ1) is 10.7. The summed E-state index contributed by atoms with van der Waals surface area (Å²) in [6.07, 6.45) is 0.837. The number of benzene rings is 1. The standard InChI is InChI=1S/C15H16N4O3/c1-22-15(21)9-2-4-10(5-3-9)17-14(20)13-11-8-16-7-6-12(11)18-19-13/h2-5,16H,6-8H2,1H3,(H,17,20)(H,18,19). The zero-order valence-electron chi connectivity index (χ0n) is 12.1. The number of amides is 1. The van der Waals surface area contributed by atoms with Crippen molar-refractivity contribution in [3.8, 4) is 0 Å². The molecule has 0 spiro atoms. The van der Waals surface area contributed by atoms with Crippen LogP contribution in [0, 0.1) is 0 Å². The van der Waals surface area contributed by atoms with Crippen molar-refractivity contribution >= 4 is 17.6 Å². The molecule has 0 saturated heterocycles. The third-order valence-electron chi connectivity index (χ3n) is 3.59. The summed E-state index contributed by atoms with van der Waals surface area (Å²) in [5.74, 6) is -0.683. The third kappa shape index (κ3) is 2.71. The fourth-order valence-corrected chi connectivity index (χ4v) is 2.41. The number of hydrogen-bond donors (Lipinski definition) is 3. The first kappa shape index (κ1) is 14.3. The Morgan fingerprint density at radius 1 is 1.27 bits per heavy atom. The first-order valence-corrected chi connectivity index (χ1v) is 6.95. The number of esters is 1. The van der Waals surface area contributed by atoms with Gasteiger partial charge in [-0.2, -0.15) is 5.10 Å². The van der Waals surface area contributed by atoms with E-state index in [-0.39, 0.29) is 5.91 Å². The lowest BCUT2D eigenvalue weighted by Crippen LogP contribution is -2.25. The quantitative estimate of drug-likeness (QED) is 0.738. The molecule has 7 nitrogen and oxygen atoms in total. The number of hydrogen-bond acceptors (Lipinski definition) is 5. The maximum atomic E-state index is 12.3. The number of fused-ring (bicyclic) bond motifs is 1. The predicted octanol–water partition coefficient (Wildman–Crippen LogP) is 1.09. The van der Waals surface area contributed by atoms with Crippen LogP contribution in [0.3, 0.4) is 0 Å². The summed E-state index contributed by atoms with van der Waals surface area (Å²) >= 11 is 0. The van der Waals surface area contributed by atoms with Crippen LogP contribution in [0.25, 0.3) is 0 Å². The number of nitrogens with zero attached hydrogens (tertiary/aromatic N) is 1. The summed E-state index contributed by atoms with van der Waals surface area (Å²) in [5, 5.41) is 13.0. The van der Waals surface area contributed by atoms with E-state index < -0.39 is 5.97 Å². The second-order valence-electron chi connectivity index (χ2n) is 4.98. The van der Waals surface area contributed by atoms with Crippen LogP contribution in [0.15, 0.2) is 24.3 Å². The summed E-state index contributed by atoms with van der Waals surface area (Å²) in [6.45, 7) is 1.51. The lowest BCUT2D eigenvalue weighted by Gasteiger charge is -2.12. The highest BCUT2D eigenvalue weighted by Crippen LogP contribution is 2.17. The number of aromatic amines is 1. The Balaban J connectivity index is 1.74. The van der Waals surface area contributed by atoms with E-state index in [1.165, 1.54) is 7.11 Å². The molecular weight excluding hydrogens is 284 g/mol. The highest BCUT2D eigenvalue weighted by atomic mass is 16.5. The number of H-pyrrole nitrogens is 1. The molecule has 0 unspecified atom stereocenters. The third-order valence-corrected chi connectivity index (χ3v) is 3.59. The minimum absolute atomic E-state index is 0.271. The zero-order chi connectivity index (χ0) is 15.5. The Bertz CT molecular complexity index is 706. The molecule has 1 aromatic carbocycles. The van der Waals surface area contributed by atoms with Crippen molar-refractivity contribution < 1.29 is 14.3 Å². The summed E-state index contributed by atoms with van der Waals surface area (Å²) < 4.78 is 4.63. The van der Waals surface area contributed by atoms with Crippen LogP contribution in [-0.2, 0) is 17.7 Å². The van der Waals surface area contributed by atoms with Crippen molar-refractivity contribution in [1.29, 1.82) is 0 Å². The average Bonchev–Trinajstić information content (AvgIpc) is 2.99. The minimum Gasteiger partial charge on any atom is -0.465 e. The summed E-state index contributed by atoms with van der Waals surface area (Å²) in [7, 11) is 1.33. The second-order valence-corrected chi connectivity index (χ2v) is 4.98. The number of carbonyl (C=O) groups excluding carboxylic acids is 2. The molecule has 3 rings (SSSR count). The van der Waals surface area contributed by atoms with E-state index in [4.69, 9.17) is 0 Å². The molecule has 0 bridgehead atoms. The van der Waals surface area contributed by atoms with Crippen LogP contribution in [0.2, 0.25) is 0 Å². The molecule has 22 heavy (non-hydrogen) atoms. The van der Waals surface area contributed by atoms with E-state index in [0.29, 0.717) is 23.5 Å². The molecule has 0 aliphatic carbocycles. The lowest BCUT2D eigenvalue weighted by molar-refractivity contribution is 0.0600. The Hall–Kier alpha value is -2.67. The monoisotopic (exact) mass is 300 g/mol. The topological polar surface area (TPSA) is 96.1 Å². The van der Waals surface area contributed by atoms with Crippen LogP contribution < -0.4 is 10.6 Å². The lowest BCUT2D eigenvalue weighted by atomic mass is 10.1. The van der Waals surface area contributed by atoms with Crippen molar-refractivity contribution in [2.45, 2.75) is 13.0 Å². The average molecular weight is 300 g/mol. The SMILES string of the molecule is COC(=O)c1ccc(NC(=O)c2n[nH]c3c2CNCC3)cc1. The van der Waals surface area contributed by atoms with Crippen molar-refractivity contribution in [2.75, 3.05) is 19.0 Å². The minimum atomic E-state index is -0.412. The Kier molecular flexibility index (Phi) is 3.88. The highest BCUT2D eigenvalue weighted by Gasteiger charge is 2.21. The van der Waals surface area contributed by atoms with Crippen LogP contribution in [0.1, 0.15) is 32.1 Å². The van der Waals surface area contributed by atoms with Crippen molar-refractivity contribution in [1.82, 2.24) is 15.5 Å². The maximum Gasteiger partial charge on any atom is 0.337 e. The molecule has 0 saturated carbocycles. The van der Waals surface area contributed by atoms with Gasteiger partial charge in [-0.3, -0.25) is 9.89 Å². The molecule has 0 fully saturated rings. The second kappa shape index (κ2) is 5.98. The fraction of sp³-hybridized carbons (Fsp3) is 0.267. The Labute approximate surface area is 127 Å².